The van der Waals surface area contributed by atoms with Gasteiger partial charge in [0.2, 0.25) is 0 Å². The maximum Gasteiger partial charge on any atom is 0.414 e. The van der Waals surface area contributed by atoms with Crippen LogP contribution in [0.2, 0.25) is 0 Å². The number of aliphatic carboxylic acids is 1. The Labute approximate surface area is 173 Å². The molecule has 160 valence electrons. The fraction of sp³-hybridized carbons (Fsp3) is 0.450. The second-order valence-corrected chi connectivity index (χ2v) is 7.21. The van der Waals surface area contributed by atoms with Gasteiger partial charge in [0.1, 0.15) is 18.5 Å². The summed E-state index contributed by atoms with van der Waals surface area (Å²) in [6.45, 7) is 3.26. The molecule has 10 heteroatoms. The normalized spacial score (nSPS) is 18.9. The summed E-state index contributed by atoms with van der Waals surface area (Å²) in [6.07, 6.45) is 0.386. The quantitative estimate of drug-likeness (QED) is 0.349. The van der Waals surface area contributed by atoms with E-state index in [1.165, 1.54) is 11.0 Å². The van der Waals surface area contributed by atoms with Crippen LogP contribution >= 0.6 is 0 Å². The highest BCUT2D eigenvalue weighted by atomic mass is 19.1. The summed E-state index contributed by atoms with van der Waals surface area (Å²) in [5.41, 5.74) is 7.91. The predicted molar refractivity (Wildman–Crippen MR) is 107 cm³/mol. The summed E-state index contributed by atoms with van der Waals surface area (Å²) < 4.78 is 20.0. The van der Waals surface area contributed by atoms with Crippen molar-refractivity contribution >= 4 is 23.4 Å². The molecule has 9 nitrogen and oxygen atoms in total. The van der Waals surface area contributed by atoms with Crippen molar-refractivity contribution in [2.45, 2.75) is 25.9 Å². The zero-order valence-corrected chi connectivity index (χ0v) is 16.7. The fourth-order valence-corrected chi connectivity index (χ4v) is 3.55. The van der Waals surface area contributed by atoms with Crippen LogP contribution in [0.1, 0.15) is 19.8 Å². The summed E-state index contributed by atoms with van der Waals surface area (Å²) in [4.78, 5) is 25.9. The second-order valence-electron chi connectivity index (χ2n) is 7.21. The van der Waals surface area contributed by atoms with E-state index in [1.807, 2.05) is 4.90 Å². The molecular formula is C20H24FN5O4. The number of rotatable bonds is 7. The van der Waals surface area contributed by atoms with Gasteiger partial charge in [0.05, 0.1) is 24.0 Å². The molecule has 0 radical (unpaired) electrons. The second kappa shape index (κ2) is 9.56. The summed E-state index contributed by atoms with van der Waals surface area (Å²) >= 11 is 0. The van der Waals surface area contributed by atoms with E-state index in [2.05, 4.69) is 16.9 Å². The number of hydrogen-bond acceptors (Lipinski definition) is 7. The minimum Gasteiger partial charge on any atom is -0.480 e. The van der Waals surface area contributed by atoms with Crippen LogP contribution in [0.15, 0.2) is 29.3 Å². The Hall–Kier alpha value is -3.16. The number of ether oxygens (including phenoxy) is 1. The highest BCUT2D eigenvalue weighted by Gasteiger charge is 2.32. The van der Waals surface area contributed by atoms with Crippen LogP contribution in [0.25, 0.3) is 0 Å². The van der Waals surface area contributed by atoms with Gasteiger partial charge in [0.25, 0.3) is 0 Å². The largest absolute Gasteiger partial charge is 0.480 e. The van der Waals surface area contributed by atoms with Gasteiger partial charge in [-0.05, 0) is 38.0 Å². The van der Waals surface area contributed by atoms with E-state index in [9.17, 15) is 14.0 Å². The number of nitriles is 1. The monoisotopic (exact) mass is 417 g/mol. The third kappa shape index (κ3) is 5.06. The number of benzene rings is 1. The van der Waals surface area contributed by atoms with Crippen molar-refractivity contribution in [1.29, 1.82) is 5.26 Å². The van der Waals surface area contributed by atoms with Crippen molar-refractivity contribution in [2.75, 3.05) is 42.5 Å². The van der Waals surface area contributed by atoms with E-state index in [4.69, 9.17) is 15.1 Å². The third-order valence-electron chi connectivity index (χ3n) is 5.22. The molecule has 1 aromatic carbocycles. The number of piperidine rings is 1. The van der Waals surface area contributed by atoms with Gasteiger partial charge >= 0.3 is 12.1 Å². The predicted octanol–water partition coefficient (Wildman–Crippen LogP) is 1.77. The molecule has 0 saturated carbocycles. The molecule has 2 fully saturated rings. The molecule has 3 rings (SSSR count). The first-order valence-electron chi connectivity index (χ1n) is 9.68. The summed E-state index contributed by atoms with van der Waals surface area (Å²) in [6, 6.07) is 6.83. The molecule has 0 unspecified atom stereocenters. The van der Waals surface area contributed by atoms with E-state index in [-0.39, 0.29) is 19.6 Å². The number of carbonyl (C=O) groups excluding carboxylic acids is 1. The highest BCUT2D eigenvalue weighted by Crippen LogP contribution is 2.30. The lowest BCUT2D eigenvalue weighted by atomic mass is 9.99. The molecule has 2 heterocycles. The lowest BCUT2D eigenvalue weighted by Crippen LogP contribution is -2.41. The number of cyclic esters (lactones) is 1. The molecule has 0 aliphatic carbocycles. The zero-order chi connectivity index (χ0) is 21.7. The van der Waals surface area contributed by atoms with Crippen LogP contribution < -0.4 is 20.7 Å². The topological polar surface area (TPSA) is 118 Å². The van der Waals surface area contributed by atoms with Crippen LogP contribution in [-0.2, 0) is 9.53 Å². The van der Waals surface area contributed by atoms with E-state index in [0.29, 0.717) is 24.5 Å². The first-order chi connectivity index (χ1) is 14.4. The number of halogens is 1. The maximum absolute atomic E-state index is 14.8. The molecule has 3 N–H and O–H groups in total. The Kier molecular flexibility index (Phi) is 6.87. The van der Waals surface area contributed by atoms with Crippen LogP contribution in [0.4, 0.5) is 20.6 Å². The number of allylic oxidation sites excluding steroid dienone is 1. The summed E-state index contributed by atoms with van der Waals surface area (Å²) in [7, 11) is 0. The summed E-state index contributed by atoms with van der Waals surface area (Å²) in [5, 5.41) is 17.6. The first kappa shape index (κ1) is 21.5. The number of carboxylic acid groups (broad SMARTS) is 1. The molecule has 2 aliphatic rings. The fourth-order valence-electron chi connectivity index (χ4n) is 3.55. The molecule has 1 amide bonds. The average molecular weight is 417 g/mol. The van der Waals surface area contributed by atoms with Crippen LogP contribution in [0.5, 0.6) is 0 Å². The number of carbonyl (C=O) groups is 2. The Morgan fingerprint density at radius 1 is 1.37 bits per heavy atom. The number of carboxylic acids is 1. The van der Waals surface area contributed by atoms with Crippen molar-refractivity contribution in [3.8, 4) is 6.07 Å². The molecule has 0 spiro atoms. The van der Waals surface area contributed by atoms with Crippen LogP contribution in [0.3, 0.4) is 0 Å². The Morgan fingerprint density at radius 2 is 2.10 bits per heavy atom. The van der Waals surface area contributed by atoms with E-state index in [1.54, 1.807) is 19.1 Å². The van der Waals surface area contributed by atoms with Crippen molar-refractivity contribution in [3.05, 3.63) is 35.2 Å². The van der Waals surface area contributed by atoms with Gasteiger partial charge in [-0.15, -0.1) is 0 Å². The zero-order valence-electron chi connectivity index (χ0n) is 16.7. The van der Waals surface area contributed by atoms with Gasteiger partial charge in [0.15, 0.2) is 0 Å². The summed E-state index contributed by atoms with van der Waals surface area (Å²) in [5.74, 6) is -1.43. The highest BCUT2D eigenvalue weighted by molar-refractivity contribution is 5.90. The number of nitrogens with zero attached hydrogens (tertiary/aromatic N) is 3. The standard InChI is InChI=1S/C20H24FN5O4/c1-13(9-22)14-4-6-25(7-5-14)18-3-2-15(8-17(18)21)26-12-16(30-20(26)29)10-23-24-11-19(27)28/h2-3,8,16,23-24H,4-7,10-12H2,1H3,(H,27,28)/t16-/m1/s1. The number of anilines is 2. The SMILES string of the molecule is CC(C#N)=C1CCN(c2ccc(N3C[C@@H](CNNCC(=O)O)OC3=O)cc2F)CC1. The van der Waals surface area contributed by atoms with Gasteiger partial charge in [0, 0.05) is 25.2 Å². The molecule has 2 aliphatic heterocycles. The lowest BCUT2D eigenvalue weighted by Gasteiger charge is -2.31. The molecular weight excluding hydrogens is 393 g/mol. The van der Waals surface area contributed by atoms with E-state index >= 15 is 0 Å². The van der Waals surface area contributed by atoms with Gasteiger partial charge in [-0.3, -0.25) is 15.1 Å². The number of hydrogen-bond donors (Lipinski definition) is 3. The maximum atomic E-state index is 14.8. The van der Waals surface area contributed by atoms with Gasteiger partial charge in [-0.1, -0.05) is 5.57 Å². The Morgan fingerprint density at radius 3 is 2.73 bits per heavy atom. The molecule has 1 aromatic rings. The third-order valence-corrected chi connectivity index (χ3v) is 5.22. The van der Waals surface area contributed by atoms with Gasteiger partial charge in [-0.25, -0.2) is 14.6 Å². The molecule has 0 bridgehead atoms. The number of hydrazine groups is 1. The molecule has 1 atom stereocenters. The molecule has 0 aromatic heterocycles. The van der Waals surface area contributed by atoms with Crippen LogP contribution in [0, 0.1) is 17.1 Å². The number of nitrogens with one attached hydrogen (secondary N) is 2. The van der Waals surface area contributed by atoms with Gasteiger partial charge < -0.3 is 14.7 Å². The van der Waals surface area contributed by atoms with Crippen molar-refractivity contribution in [1.82, 2.24) is 10.9 Å². The Balaban J connectivity index is 1.60. The lowest BCUT2D eigenvalue weighted by molar-refractivity contribution is -0.136. The van der Waals surface area contributed by atoms with Gasteiger partial charge in [-0.2, -0.15) is 5.26 Å². The minimum absolute atomic E-state index is 0.224. The first-order valence-corrected chi connectivity index (χ1v) is 9.68. The van der Waals surface area contributed by atoms with E-state index in [0.717, 1.165) is 24.0 Å². The van der Waals surface area contributed by atoms with Crippen molar-refractivity contribution in [3.63, 3.8) is 0 Å². The minimum atomic E-state index is -1.01. The van der Waals surface area contributed by atoms with E-state index < -0.39 is 24.0 Å². The average Bonchev–Trinajstić information content (AvgIpc) is 3.11. The Bertz CT molecular complexity index is 888. The number of amides is 1. The van der Waals surface area contributed by atoms with Crippen molar-refractivity contribution < 1.29 is 23.8 Å². The van der Waals surface area contributed by atoms with Crippen molar-refractivity contribution in [2.24, 2.45) is 0 Å². The smallest absolute Gasteiger partial charge is 0.414 e. The molecule has 30 heavy (non-hydrogen) atoms. The molecule has 2 saturated heterocycles. The van der Waals surface area contributed by atoms with Crippen LogP contribution in [-0.4, -0.2) is 56.0 Å².